The lowest BCUT2D eigenvalue weighted by Crippen LogP contribution is -2.28. The van der Waals surface area contributed by atoms with Crippen molar-refractivity contribution in [3.63, 3.8) is 0 Å². The molecule has 2 amide bonds. The lowest BCUT2D eigenvalue weighted by atomic mass is 10.1. The monoisotopic (exact) mass is 336 g/mol. The third-order valence-corrected chi connectivity index (χ3v) is 3.83. The van der Waals surface area contributed by atoms with E-state index in [1.807, 2.05) is 43.3 Å². The van der Waals surface area contributed by atoms with Crippen molar-refractivity contribution < 1.29 is 9.59 Å². The van der Waals surface area contributed by atoms with Gasteiger partial charge in [-0.1, -0.05) is 24.3 Å². The molecule has 1 atom stereocenters. The van der Waals surface area contributed by atoms with Crippen molar-refractivity contribution in [2.45, 2.75) is 26.3 Å². The van der Waals surface area contributed by atoms with Gasteiger partial charge in [-0.2, -0.15) is 0 Å². The number of imidazole rings is 1. The first kappa shape index (κ1) is 16.7. The van der Waals surface area contributed by atoms with Crippen molar-refractivity contribution in [1.82, 2.24) is 15.3 Å². The fourth-order valence-corrected chi connectivity index (χ4v) is 2.63. The van der Waals surface area contributed by atoms with Crippen LogP contribution in [0.1, 0.15) is 31.3 Å². The van der Waals surface area contributed by atoms with Gasteiger partial charge in [0, 0.05) is 12.6 Å². The van der Waals surface area contributed by atoms with E-state index in [1.54, 1.807) is 12.1 Å². The Morgan fingerprint density at radius 2 is 1.84 bits per heavy atom. The van der Waals surface area contributed by atoms with Crippen molar-refractivity contribution >= 4 is 28.5 Å². The van der Waals surface area contributed by atoms with Gasteiger partial charge in [0.2, 0.25) is 11.8 Å². The van der Waals surface area contributed by atoms with Crippen molar-refractivity contribution in [1.29, 1.82) is 0 Å². The molecule has 0 unspecified atom stereocenters. The Bertz CT molecular complexity index is 866. The van der Waals surface area contributed by atoms with Gasteiger partial charge in [-0.15, -0.1) is 0 Å². The van der Waals surface area contributed by atoms with E-state index in [0.29, 0.717) is 5.69 Å². The number of hydrogen-bond acceptors (Lipinski definition) is 3. The molecule has 0 spiro atoms. The van der Waals surface area contributed by atoms with Gasteiger partial charge >= 0.3 is 0 Å². The molecule has 0 radical (unpaired) electrons. The number of nitrogens with one attached hydrogen (secondary N) is 3. The molecule has 0 aliphatic rings. The maximum absolute atomic E-state index is 12.3. The van der Waals surface area contributed by atoms with Gasteiger partial charge in [0.1, 0.15) is 5.82 Å². The van der Waals surface area contributed by atoms with E-state index in [4.69, 9.17) is 0 Å². The van der Waals surface area contributed by atoms with Crippen LogP contribution < -0.4 is 10.6 Å². The van der Waals surface area contributed by atoms with E-state index >= 15 is 0 Å². The number of carbonyl (C=O) groups excluding carboxylic acids is 2. The normalized spacial score (nSPS) is 11.9. The second-order valence-electron chi connectivity index (χ2n) is 5.98. The minimum absolute atomic E-state index is 0.0831. The third kappa shape index (κ3) is 4.23. The zero-order valence-electron chi connectivity index (χ0n) is 14.2. The topological polar surface area (TPSA) is 86.9 Å². The number of hydrogen-bond donors (Lipinski definition) is 3. The minimum Gasteiger partial charge on any atom is -0.346 e. The summed E-state index contributed by atoms with van der Waals surface area (Å²) in [5.41, 5.74) is 3.43. The Kier molecular flexibility index (Phi) is 4.79. The predicted molar refractivity (Wildman–Crippen MR) is 97.1 cm³/mol. The number of fused-ring (bicyclic) bond motifs is 1. The van der Waals surface area contributed by atoms with Crippen molar-refractivity contribution in [2.75, 3.05) is 5.32 Å². The number of nitrogens with zero attached hydrogens (tertiary/aromatic N) is 1. The number of carbonyl (C=O) groups is 2. The molecule has 1 heterocycles. The largest absolute Gasteiger partial charge is 0.346 e. The second-order valence-corrected chi connectivity index (χ2v) is 5.98. The van der Waals surface area contributed by atoms with Gasteiger partial charge in [-0.3, -0.25) is 9.59 Å². The van der Waals surface area contributed by atoms with Crippen LogP contribution in [0.4, 0.5) is 5.69 Å². The van der Waals surface area contributed by atoms with Gasteiger partial charge in [-0.05, 0) is 36.8 Å². The number of para-hydroxylation sites is 2. The molecule has 0 aliphatic carbocycles. The van der Waals surface area contributed by atoms with Gasteiger partial charge in [0.25, 0.3) is 0 Å². The molecule has 0 saturated heterocycles. The van der Waals surface area contributed by atoms with Crippen LogP contribution >= 0.6 is 0 Å². The van der Waals surface area contributed by atoms with E-state index in [1.165, 1.54) is 6.92 Å². The predicted octanol–water partition coefficient (Wildman–Crippen LogP) is 2.94. The summed E-state index contributed by atoms with van der Waals surface area (Å²) >= 11 is 0. The summed E-state index contributed by atoms with van der Waals surface area (Å²) in [6.07, 6.45) is 0.269. The molecule has 128 valence electrons. The molecule has 3 rings (SSSR count). The highest BCUT2D eigenvalue weighted by atomic mass is 16.2. The molecule has 3 N–H and O–H groups in total. The van der Waals surface area contributed by atoms with Gasteiger partial charge in [0.05, 0.1) is 23.5 Å². The summed E-state index contributed by atoms with van der Waals surface area (Å²) in [6, 6.07) is 14.8. The highest BCUT2D eigenvalue weighted by molar-refractivity contribution is 5.88. The minimum atomic E-state index is -0.210. The smallest absolute Gasteiger partial charge is 0.224 e. The molecule has 2 aromatic carbocycles. The molecular formula is C19H20N4O2. The highest BCUT2D eigenvalue weighted by Gasteiger charge is 2.13. The van der Waals surface area contributed by atoms with Crippen LogP contribution in [0.15, 0.2) is 48.5 Å². The van der Waals surface area contributed by atoms with E-state index in [2.05, 4.69) is 20.6 Å². The molecule has 0 saturated carbocycles. The molecule has 0 aliphatic heterocycles. The maximum atomic E-state index is 12.3. The van der Waals surface area contributed by atoms with Crippen LogP contribution in [0.25, 0.3) is 11.0 Å². The average Bonchev–Trinajstić information content (AvgIpc) is 3.00. The molecule has 1 aromatic heterocycles. The Labute approximate surface area is 145 Å². The fraction of sp³-hybridized carbons (Fsp3) is 0.211. The summed E-state index contributed by atoms with van der Waals surface area (Å²) in [4.78, 5) is 31.0. The Balaban J connectivity index is 1.60. The summed E-state index contributed by atoms with van der Waals surface area (Å²) in [7, 11) is 0. The summed E-state index contributed by atoms with van der Waals surface area (Å²) < 4.78 is 0. The SMILES string of the molecule is CC(=O)Nc1ccc(CC(=O)N[C@@H](C)c2nc3ccccc3[nH]2)cc1. The first-order valence-electron chi connectivity index (χ1n) is 8.12. The summed E-state index contributed by atoms with van der Waals surface area (Å²) in [6.45, 7) is 3.36. The number of anilines is 1. The highest BCUT2D eigenvalue weighted by Crippen LogP contribution is 2.16. The molecular weight excluding hydrogens is 316 g/mol. The van der Waals surface area contributed by atoms with E-state index in [-0.39, 0.29) is 24.3 Å². The molecule has 6 heteroatoms. The number of amides is 2. The standard InChI is InChI=1S/C19H20N4O2/c1-12(19-22-16-5-3-4-6-17(16)23-19)20-18(25)11-14-7-9-15(10-8-14)21-13(2)24/h3-10,12H,11H2,1-2H3,(H,20,25)(H,21,24)(H,22,23)/t12-/m0/s1. The lowest BCUT2D eigenvalue weighted by molar-refractivity contribution is -0.121. The van der Waals surface area contributed by atoms with Crippen LogP contribution in [0.2, 0.25) is 0 Å². The first-order valence-corrected chi connectivity index (χ1v) is 8.12. The molecule has 6 nitrogen and oxygen atoms in total. The second kappa shape index (κ2) is 7.17. The number of aromatic nitrogens is 2. The van der Waals surface area contributed by atoms with Crippen molar-refractivity contribution in [2.24, 2.45) is 0 Å². The maximum Gasteiger partial charge on any atom is 0.224 e. The van der Waals surface area contributed by atoms with E-state index in [9.17, 15) is 9.59 Å². The number of benzene rings is 2. The van der Waals surface area contributed by atoms with Crippen LogP contribution in [-0.4, -0.2) is 21.8 Å². The Morgan fingerprint density at radius 3 is 2.52 bits per heavy atom. The lowest BCUT2D eigenvalue weighted by Gasteiger charge is -2.11. The summed E-state index contributed by atoms with van der Waals surface area (Å²) in [5.74, 6) is 0.529. The zero-order chi connectivity index (χ0) is 17.8. The fourth-order valence-electron chi connectivity index (χ4n) is 2.63. The Hall–Kier alpha value is -3.15. The number of rotatable bonds is 5. The van der Waals surface area contributed by atoms with Crippen LogP contribution in [-0.2, 0) is 16.0 Å². The first-order chi connectivity index (χ1) is 12.0. The molecule has 0 fully saturated rings. The van der Waals surface area contributed by atoms with Crippen molar-refractivity contribution in [3.8, 4) is 0 Å². The van der Waals surface area contributed by atoms with Crippen LogP contribution in [0.3, 0.4) is 0 Å². The number of H-pyrrole nitrogens is 1. The van der Waals surface area contributed by atoms with Crippen LogP contribution in [0, 0.1) is 0 Å². The molecule has 25 heavy (non-hydrogen) atoms. The van der Waals surface area contributed by atoms with E-state index in [0.717, 1.165) is 22.4 Å². The summed E-state index contributed by atoms with van der Waals surface area (Å²) in [5, 5.41) is 5.65. The van der Waals surface area contributed by atoms with Gasteiger partial charge in [-0.25, -0.2) is 4.98 Å². The average molecular weight is 336 g/mol. The van der Waals surface area contributed by atoms with Gasteiger partial charge in [0.15, 0.2) is 0 Å². The zero-order valence-corrected chi connectivity index (χ0v) is 14.2. The Morgan fingerprint density at radius 1 is 1.12 bits per heavy atom. The van der Waals surface area contributed by atoms with Crippen LogP contribution in [0.5, 0.6) is 0 Å². The number of aromatic amines is 1. The molecule has 0 bridgehead atoms. The van der Waals surface area contributed by atoms with E-state index < -0.39 is 0 Å². The van der Waals surface area contributed by atoms with Gasteiger partial charge < -0.3 is 15.6 Å². The molecule has 3 aromatic rings. The van der Waals surface area contributed by atoms with Crippen molar-refractivity contribution in [3.05, 3.63) is 59.9 Å². The third-order valence-electron chi connectivity index (χ3n) is 3.83. The quantitative estimate of drug-likeness (QED) is 0.669.